The van der Waals surface area contributed by atoms with Crippen LogP contribution in [-0.2, 0) is 12.8 Å². The summed E-state index contributed by atoms with van der Waals surface area (Å²) in [6.45, 7) is 4.19. The molecule has 2 aromatic rings. The highest BCUT2D eigenvalue weighted by Gasteiger charge is 2.21. The van der Waals surface area contributed by atoms with Crippen molar-refractivity contribution in [3.63, 3.8) is 0 Å². The van der Waals surface area contributed by atoms with E-state index in [9.17, 15) is 4.79 Å². The molecule has 1 atom stereocenters. The molecule has 0 aromatic carbocycles. The normalized spacial score (nSPS) is 17.6. The minimum Gasteiger partial charge on any atom is -0.266 e. The zero-order valence-corrected chi connectivity index (χ0v) is 14.4. The third kappa shape index (κ3) is 3.44. The Hall–Kier alpha value is -1.53. The van der Waals surface area contributed by atoms with Crippen LogP contribution < -0.4 is 5.43 Å². The summed E-state index contributed by atoms with van der Waals surface area (Å²) in [5.74, 6) is 0.639. The van der Waals surface area contributed by atoms with Gasteiger partial charge in [0.15, 0.2) is 0 Å². The van der Waals surface area contributed by atoms with Crippen LogP contribution in [0.5, 0.6) is 0 Å². The van der Waals surface area contributed by atoms with Gasteiger partial charge in [-0.2, -0.15) is 5.10 Å². The van der Waals surface area contributed by atoms with Gasteiger partial charge < -0.3 is 0 Å². The molecule has 0 spiro atoms. The Morgan fingerprint density at radius 3 is 3.18 bits per heavy atom. The summed E-state index contributed by atoms with van der Waals surface area (Å²) >= 11 is 3.17. The first kappa shape index (κ1) is 15.4. The Morgan fingerprint density at radius 1 is 1.59 bits per heavy atom. The molecule has 2 aromatic heterocycles. The van der Waals surface area contributed by atoms with Crippen LogP contribution in [0.3, 0.4) is 0 Å². The second-order valence-corrected chi connectivity index (χ2v) is 7.77. The second-order valence-electron chi connectivity index (χ2n) is 5.57. The van der Waals surface area contributed by atoms with Gasteiger partial charge in [-0.25, -0.2) is 10.4 Å². The molecule has 22 heavy (non-hydrogen) atoms. The van der Waals surface area contributed by atoms with Gasteiger partial charge in [-0.05, 0) is 43.7 Å². The number of aryl methyl sites for hydroxylation is 2. The molecular weight excluding hydrogens is 314 g/mol. The quantitative estimate of drug-likeness (QED) is 0.683. The van der Waals surface area contributed by atoms with Crippen molar-refractivity contribution in [2.45, 2.75) is 39.5 Å². The highest BCUT2D eigenvalue weighted by atomic mass is 32.1. The number of thiophene rings is 1. The van der Waals surface area contributed by atoms with Crippen molar-refractivity contribution in [3.05, 3.63) is 37.5 Å². The highest BCUT2D eigenvalue weighted by molar-refractivity contribution is 7.14. The van der Waals surface area contributed by atoms with E-state index in [4.69, 9.17) is 0 Å². The number of thiazole rings is 1. The van der Waals surface area contributed by atoms with Crippen LogP contribution in [0.25, 0.3) is 0 Å². The predicted molar refractivity (Wildman–Crippen MR) is 92.0 cm³/mol. The van der Waals surface area contributed by atoms with Gasteiger partial charge in [-0.1, -0.05) is 13.3 Å². The summed E-state index contributed by atoms with van der Waals surface area (Å²) in [4.78, 5) is 18.6. The summed E-state index contributed by atoms with van der Waals surface area (Å²) in [5.41, 5.74) is 4.73. The van der Waals surface area contributed by atoms with Crippen LogP contribution >= 0.6 is 22.7 Å². The van der Waals surface area contributed by atoms with Crippen LogP contribution in [0.15, 0.2) is 16.5 Å². The monoisotopic (exact) mass is 333 g/mol. The van der Waals surface area contributed by atoms with E-state index in [1.165, 1.54) is 23.3 Å². The van der Waals surface area contributed by atoms with E-state index in [-0.39, 0.29) is 5.91 Å². The molecule has 1 amide bonds. The Morgan fingerprint density at radius 2 is 2.45 bits per heavy atom. The number of hydrogen-bond donors (Lipinski definition) is 1. The lowest BCUT2D eigenvalue weighted by Gasteiger charge is -2.19. The molecule has 3 rings (SSSR count). The van der Waals surface area contributed by atoms with Crippen molar-refractivity contribution in [1.82, 2.24) is 10.4 Å². The summed E-state index contributed by atoms with van der Waals surface area (Å²) in [6.07, 6.45) is 6.26. The molecular formula is C16H19N3OS2. The first-order valence-corrected chi connectivity index (χ1v) is 9.22. The van der Waals surface area contributed by atoms with E-state index >= 15 is 0 Å². The number of nitrogens with one attached hydrogen (secondary N) is 1. The van der Waals surface area contributed by atoms with Gasteiger partial charge in [0.1, 0.15) is 0 Å². The van der Waals surface area contributed by atoms with Crippen molar-refractivity contribution in [3.8, 4) is 0 Å². The molecule has 0 saturated heterocycles. The van der Waals surface area contributed by atoms with Gasteiger partial charge in [-0.15, -0.1) is 22.7 Å². The fourth-order valence-electron chi connectivity index (χ4n) is 2.71. The molecule has 6 heteroatoms. The van der Waals surface area contributed by atoms with E-state index in [1.807, 2.05) is 18.4 Å². The average molecular weight is 333 g/mol. The highest BCUT2D eigenvalue weighted by Crippen LogP contribution is 2.33. The Balaban J connectivity index is 1.63. The third-order valence-electron chi connectivity index (χ3n) is 3.99. The van der Waals surface area contributed by atoms with Crippen molar-refractivity contribution in [2.24, 2.45) is 11.0 Å². The zero-order chi connectivity index (χ0) is 15.5. The largest absolute Gasteiger partial charge is 0.281 e. The fourth-order valence-corrected chi connectivity index (χ4v) is 4.37. The summed E-state index contributed by atoms with van der Waals surface area (Å²) in [7, 11) is 0. The van der Waals surface area contributed by atoms with Crippen LogP contribution in [0.4, 0.5) is 0 Å². The van der Waals surface area contributed by atoms with Crippen LogP contribution in [0.2, 0.25) is 0 Å². The molecule has 0 aliphatic heterocycles. The summed E-state index contributed by atoms with van der Waals surface area (Å²) < 4.78 is 0. The summed E-state index contributed by atoms with van der Waals surface area (Å²) in [6, 6.07) is 2.04. The first-order valence-electron chi connectivity index (χ1n) is 7.52. The van der Waals surface area contributed by atoms with Crippen LogP contribution in [0.1, 0.15) is 50.6 Å². The van der Waals surface area contributed by atoms with Crippen LogP contribution in [0, 0.1) is 12.8 Å². The number of aromatic nitrogens is 1. The smallest absolute Gasteiger partial charge is 0.266 e. The van der Waals surface area contributed by atoms with Gasteiger partial charge in [0, 0.05) is 10.3 Å². The zero-order valence-electron chi connectivity index (χ0n) is 12.8. The lowest BCUT2D eigenvalue weighted by molar-refractivity contribution is 0.0959. The lowest BCUT2D eigenvalue weighted by Crippen LogP contribution is -2.16. The minimum atomic E-state index is -0.129. The molecule has 1 aliphatic rings. The van der Waals surface area contributed by atoms with Gasteiger partial charge in [0.25, 0.3) is 5.91 Å². The SMILES string of the molecule is CCC1CCc2sc(C(=O)NN=Cc3csc(C)n3)cc2C1. The molecule has 4 nitrogen and oxygen atoms in total. The van der Waals surface area contributed by atoms with E-state index < -0.39 is 0 Å². The molecule has 0 bridgehead atoms. The topological polar surface area (TPSA) is 54.4 Å². The number of fused-ring (bicyclic) bond motifs is 1. The molecule has 116 valence electrons. The second kappa shape index (κ2) is 6.71. The van der Waals surface area contributed by atoms with E-state index in [1.54, 1.807) is 28.9 Å². The van der Waals surface area contributed by atoms with Crippen molar-refractivity contribution in [2.75, 3.05) is 0 Å². The molecule has 1 aliphatic carbocycles. The number of carbonyl (C=O) groups excluding carboxylic acids is 1. The van der Waals surface area contributed by atoms with E-state index in [0.717, 1.165) is 34.3 Å². The number of hydrogen-bond acceptors (Lipinski definition) is 5. The van der Waals surface area contributed by atoms with Gasteiger partial charge in [-0.3, -0.25) is 4.79 Å². The maximum atomic E-state index is 12.2. The van der Waals surface area contributed by atoms with Gasteiger partial charge >= 0.3 is 0 Å². The third-order valence-corrected chi connectivity index (χ3v) is 6.01. The molecule has 1 unspecified atom stereocenters. The Labute approximate surface area is 138 Å². The van der Waals surface area contributed by atoms with Crippen molar-refractivity contribution >= 4 is 34.8 Å². The Bertz CT molecular complexity index is 702. The van der Waals surface area contributed by atoms with E-state index in [2.05, 4.69) is 22.4 Å². The number of carbonyl (C=O) groups is 1. The molecule has 0 radical (unpaired) electrons. The minimum absolute atomic E-state index is 0.129. The maximum Gasteiger partial charge on any atom is 0.281 e. The average Bonchev–Trinajstić information content (AvgIpc) is 3.12. The van der Waals surface area contributed by atoms with Crippen molar-refractivity contribution in [1.29, 1.82) is 0 Å². The molecule has 1 N–H and O–H groups in total. The maximum absolute atomic E-state index is 12.2. The van der Waals surface area contributed by atoms with Crippen LogP contribution in [-0.4, -0.2) is 17.1 Å². The number of rotatable bonds is 4. The number of amides is 1. The molecule has 0 fully saturated rings. The van der Waals surface area contributed by atoms with Crippen molar-refractivity contribution < 1.29 is 4.79 Å². The molecule has 0 saturated carbocycles. The number of hydrazone groups is 1. The fraction of sp³-hybridized carbons (Fsp3) is 0.438. The molecule has 2 heterocycles. The first-order chi connectivity index (χ1) is 10.7. The van der Waals surface area contributed by atoms with Gasteiger partial charge in [0.05, 0.1) is 21.8 Å². The number of nitrogens with zero attached hydrogens (tertiary/aromatic N) is 2. The lowest BCUT2D eigenvalue weighted by atomic mass is 9.87. The van der Waals surface area contributed by atoms with Gasteiger partial charge in [0.2, 0.25) is 0 Å². The Kier molecular flexibility index (Phi) is 4.69. The summed E-state index contributed by atoms with van der Waals surface area (Å²) in [5, 5.41) is 6.90. The predicted octanol–water partition coefficient (Wildman–Crippen LogP) is 3.79. The van der Waals surface area contributed by atoms with E-state index in [0.29, 0.717) is 0 Å². The standard InChI is InChI=1S/C16H19N3OS2/c1-3-11-4-5-14-12(6-11)7-15(22-14)16(20)19-17-8-13-9-21-10(2)18-13/h7-9,11H,3-6H2,1-2H3,(H,19,20).